The first-order chi connectivity index (χ1) is 11.7. The molecule has 0 bridgehead atoms. The SMILES string of the molecule is CC(C)CC(=O)N1CCC(N(CCN2CCCC2)S(=O)(=O)N(C)C)C1. The van der Waals surface area contributed by atoms with E-state index in [0.717, 1.165) is 26.1 Å². The van der Waals surface area contributed by atoms with Gasteiger partial charge in [-0.25, -0.2) is 0 Å². The maximum atomic E-state index is 12.8. The fraction of sp³-hybridized carbons (Fsp3) is 0.941. The van der Waals surface area contributed by atoms with Crippen LogP contribution in [0, 0.1) is 5.92 Å². The van der Waals surface area contributed by atoms with Gasteiger partial charge in [0.05, 0.1) is 0 Å². The van der Waals surface area contributed by atoms with E-state index in [2.05, 4.69) is 4.90 Å². The molecular weight excluding hydrogens is 340 g/mol. The van der Waals surface area contributed by atoms with E-state index >= 15 is 0 Å². The molecule has 25 heavy (non-hydrogen) atoms. The molecule has 7 nitrogen and oxygen atoms in total. The monoisotopic (exact) mass is 374 g/mol. The number of hydrogen-bond acceptors (Lipinski definition) is 4. The van der Waals surface area contributed by atoms with Crippen LogP contribution in [0.25, 0.3) is 0 Å². The van der Waals surface area contributed by atoms with Gasteiger partial charge in [-0.15, -0.1) is 0 Å². The summed E-state index contributed by atoms with van der Waals surface area (Å²) < 4.78 is 28.5. The van der Waals surface area contributed by atoms with Crippen LogP contribution in [0.2, 0.25) is 0 Å². The number of hydrogen-bond donors (Lipinski definition) is 0. The molecule has 2 fully saturated rings. The average molecular weight is 375 g/mol. The van der Waals surface area contributed by atoms with Crippen LogP contribution in [0.1, 0.15) is 39.5 Å². The van der Waals surface area contributed by atoms with Crippen molar-refractivity contribution in [2.75, 3.05) is 53.4 Å². The molecule has 1 atom stereocenters. The molecular formula is C17H34N4O3S. The molecule has 2 heterocycles. The molecule has 0 spiro atoms. The van der Waals surface area contributed by atoms with Crippen molar-refractivity contribution in [3.05, 3.63) is 0 Å². The highest BCUT2D eigenvalue weighted by molar-refractivity contribution is 7.86. The second-order valence-corrected chi connectivity index (χ2v) is 9.92. The van der Waals surface area contributed by atoms with Gasteiger partial charge in [0.25, 0.3) is 10.2 Å². The lowest BCUT2D eigenvalue weighted by Gasteiger charge is -2.32. The Balaban J connectivity index is 2.03. The molecule has 0 radical (unpaired) electrons. The van der Waals surface area contributed by atoms with E-state index in [1.54, 1.807) is 18.4 Å². The third-order valence-electron chi connectivity index (χ3n) is 5.10. The van der Waals surface area contributed by atoms with E-state index in [1.165, 1.54) is 17.1 Å². The summed E-state index contributed by atoms with van der Waals surface area (Å²) in [6.07, 6.45) is 3.64. The Morgan fingerprint density at radius 3 is 2.36 bits per heavy atom. The van der Waals surface area contributed by atoms with E-state index in [-0.39, 0.29) is 11.9 Å². The molecule has 2 aliphatic rings. The van der Waals surface area contributed by atoms with Crippen LogP contribution >= 0.6 is 0 Å². The zero-order valence-corrected chi connectivity index (χ0v) is 17.0. The van der Waals surface area contributed by atoms with Crippen LogP contribution < -0.4 is 0 Å². The van der Waals surface area contributed by atoms with Crippen LogP contribution in [-0.4, -0.2) is 92.1 Å². The molecule has 2 saturated heterocycles. The summed E-state index contributed by atoms with van der Waals surface area (Å²) in [4.78, 5) is 16.5. The Hall–Kier alpha value is -0.700. The highest BCUT2D eigenvalue weighted by Gasteiger charge is 2.37. The van der Waals surface area contributed by atoms with Crippen molar-refractivity contribution in [3.63, 3.8) is 0 Å². The van der Waals surface area contributed by atoms with Gasteiger partial charge in [-0.05, 0) is 38.3 Å². The minimum atomic E-state index is -3.48. The third kappa shape index (κ3) is 5.39. The van der Waals surface area contributed by atoms with Crippen LogP contribution in [-0.2, 0) is 15.0 Å². The third-order valence-corrected chi connectivity index (χ3v) is 7.10. The first-order valence-electron chi connectivity index (χ1n) is 9.41. The topological polar surface area (TPSA) is 64.2 Å². The van der Waals surface area contributed by atoms with Crippen molar-refractivity contribution in [3.8, 4) is 0 Å². The average Bonchev–Trinajstić information content (AvgIpc) is 3.17. The zero-order valence-electron chi connectivity index (χ0n) is 16.1. The maximum Gasteiger partial charge on any atom is 0.281 e. The van der Waals surface area contributed by atoms with Crippen LogP contribution in [0.3, 0.4) is 0 Å². The molecule has 2 rings (SSSR count). The molecule has 8 heteroatoms. The summed E-state index contributed by atoms with van der Waals surface area (Å²) >= 11 is 0. The molecule has 0 aromatic heterocycles. The fourth-order valence-electron chi connectivity index (χ4n) is 3.62. The highest BCUT2D eigenvalue weighted by Crippen LogP contribution is 2.22. The van der Waals surface area contributed by atoms with Gasteiger partial charge in [-0.3, -0.25) is 4.79 Å². The lowest BCUT2D eigenvalue weighted by molar-refractivity contribution is -0.131. The largest absolute Gasteiger partial charge is 0.341 e. The molecule has 1 unspecified atom stereocenters. The van der Waals surface area contributed by atoms with E-state index in [4.69, 9.17) is 0 Å². The van der Waals surface area contributed by atoms with Crippen molar-refractivity contribution in [2.45, 2.75) is 45.6 Å². The molecule has 146 valence electrons. The lowest BCUT2D eigenvalue weighted by atomic mass is 10.1. The normalized spacial score (nSPS) is 22.7. The van der Waals surface area contributed by atoms with Crippen LogP contribution in [0.15, 0.2) is 0 Å². The van der Waals surface area contributed by atoms with Gasteiger partial charge in [-0.1, -0.05) is 13.8 Å². The van der Waals surface area contributed by atoms with Gasteiger partial charge in [0.2, 0.25) is 5.91 Å². The molecule has 2 aliphatic heterocycles. The summed E-state index contributed by atoms with van der Waals surface area (Å²) in [7, 11) is -0.328. The van der Waals surface area contributed by atoms with E-state index in [0.29, 0.717) is 32.0 Å². The molecule has 0 aliphatic carbocycles. The Morgan fingerprint density at radius 2 is 1.80 bits per heavy atom. The molecule has 0 aromatic rings. The van der Waals surface area contributed by atoms with E-state index < -0.39 is 10.2 Å². The Morgan fingerprint density at radius 1 is 1.16 bits per heavy atom. The highest BCUT2D eigenvalue weighted by atomic mass is 32.2. The predicted octanol–water partition coefficient (Wildman–Crippen LogP) is 0.838. The first kappa shape index (κ1) is 20.6. The molecule has 0 N–H and O–H groups in total. The zero-order chi connectivity index (χ0) is 18.6. The Bertz CT molecular complexity index is 544. The minimum Gasteiger partial charge on any atom is -0.341 e. The quantitative estimate of drug-likeness (QED) is 0.631. The van der Waals surface area contributed by atoms with E-state index in [9.17, 15) is 13.2 Å². The predicted molar refractivity (Wildman–Crippen MR) is 99.4 cm³/mol. The number of rotatable bonds is 8. The van der Waals surface area contributed by atoms with Gasteiger partial charge in [0.15, 0.2) is 0 Å². The number of carbonyl (C=O) groups is 1. The summed E-state index contributed by atoms with van der Waals surface area (Å²) in [5.74, 6) is 0.461. The number of likely N-dealkylation sites (tertiary alicyclic amines) is 2. The standard InChI is InChI=1S/C17H34N4O3S/c1-15(2)13-17(22)20-10-7-16(14-20)21(25(23,24)18(3)4)12-11-19-8-5-6-9-19/h15-16H,5-14H2,1-4H3. The van der Waals surface area contributed by atoms with Gasteiger partial charge in [0, 0.05) is 52.7 Å². The molecule has 0 aromatic carbocycles. The minimum absolute atomic E-state index is 0.119. The van der Waals surface area contributed by atoms with Crippen molar-refractivity contribution >= 4 is 16.1 Å². The van der Waals surface area contributed by atoms with Crippen molar-refractivity contribution in [2.24, 2.45) is 5.92 Å². The van der Waals surface area contributed by atoms with Crippen molar-refractivity contribution in [1.29, 1.82) is 0 Å². The van der Waals surface area contributed by atoms with Crippen molar-refractivity contribution < 1.29 is 13.2 Å². The molecule has 0 saturated carbocycles. The summed E-state index contributed by atoms with van der Waals surface area (Å²) in [6.45, 7) is 8.60. The van der Waals surface area contributed by atoms with Crippen molar-refractivity contribution in [1.82, 2.24) is 18.4 Å². The summed E-state index contributed by atoms with van der Waals surface area (Å²) in [5, 5.41) is 0. The van der Waals surface area contributed by atoms with E-state index in [1.807, 2.05) is 18.7 Å². The Labute approximate surface area is 153 Å². The van der Waals surface area contributed by atoms with Gasteiger partial charge in [0.1, 0.15) is 0 Å². The van der Waals surface area contributed by atoms with Gasteiger partial charge in [-0.2, -0.15) is 17.0 Å². The van der Waals surface area contributed by atoms with Gasteiger partial charge < -0.3 is 9.80 Å². The summed E-state index contributed by atoms with van der Waals surface area (Å²) in [6, 6.07) is -0.119. The Kier molecular flexibility index (Phi) is 7.25. The smallest absolute Gasteiger partial charge is 0.281 e. The molecule has 1 amide bonds. The second-order valence-electron chi connectivity index (χ2n) is 7.83. The maximum absolute atomic E-state index is 12.8. The number of carbonyl (C=O) groups excluding carboxylic acids is 1. The van der Waals surface area contributed by atoms with Crippen LogP contribution in [0.4, 0.5) is 0 Å². The van der Waals surface area contributed by atoms with Crippen LogP contribution in [0.5, 0.6) is 0 Å². The summed E-state index contributed by atoms with van der Waals surface area (Å²) in [5.41, 5.74) is 0. The second kappa shape index (κ2) is 8.79. The number of amides is 1. The first-order valence-corrected chi connectivity index (χ1v) is 10.8. The van der Waals surface area contributed by atoms with Gasteiger partial charge >= 0.3 is 0 Å². The fourth-order valence-corrected chi connectivity index (χ4v) is 4.90. The lowest BCUT2D eigenvalue weighted by Crippen LogP contribution is -2.50. The number of nitrogens with zero attached hydrogens (tertiary/aromatic N) is 4.